The second kappa shape index (κ2) is 6.90. The van der Waals surface area contributed by atoms with Gasteiger partial charge < -0.3 is 4.74 Å². The van der Waals surface area contributed by atoms with Crippen molar-refractivity contribution in [3.8, 4) is 5.75 Å². The van der Waals surface area contributed by atoms with Crippen molar-refractivity contribution in [2.24, 2.45) is 5.10 Å². The smallest absolute Gasteiger partial charge is 0.387 e. The van der Waals surface area contributed by atoms with Gasteiger partial charge in [-0.3, -0.25) is 0 Å². The molecule has 1 N–H and O–H groups in total. The largest absolute Gasteiger partial charge is 0.433 e. The highest BCUT2D eigenvalue weighted by Gasteiger charge is 2.30. The number of benzene rings is 1. The van der Waals surface area contributed by atoms with E-state index in [9.17, 15) is 22.0 Å². The normalized spacial score (nSPS) is 17.6. The van der Waals surface area contributed by atoms with Crippen LogP contribution in [0, 0.1) is 0 Å². The lowest BCUT2D eigenvalue weighted by atomic mass is 10.2. The summed E-state index contributed by atoms with van der Waals surface area (Å²) in [6.45, 7) is -1.35. The predicted octanol–water partition coefficient (Wildman–Crippen LogP) is 2.16. The number of urea groups is 1. The number of alkyl halides is 2. The highest BCUT2D eigenvalue weighted by Crippen LogP contribution is 2.25. The van der Waals surface area contributed by atoms with E-state index in [1.807, 2.05) is 11.6 Å². The van der Waals surface area contributed by atoms with Crippen LogP contribution in [-0.4, -0.2) is 38.3 Å². The maximum atomic E-state index is 12.4. The molecule has 1 unspecified atom stereocenters. The van der Waals surface area contributed by atoms with Crippen molar-refractivity contribution in [2.45, 2.75) is 37.3 Å². The first-order valence-corrected chi connectivity index (χ1v) is 8.25. The van der Waals surface area contributed by atoms with Crippen molar-refractivity contribution in [1.82, 2.24) is 9.73 Å². The lowest BCUT2D eigenvalue weighted by Crippen LogP contribution is -2.43. The molecular weight excluding hydrogens is 332 g/mol. The molecule has 1 aromatic carbocycles. The van der Waals surface area contributed by atoms with E-state index in [1.165, 1.54) is 18.3 Å². The van der Waals surface area contributed by atoms with Gasteiger partial charge in [0.1, 0.15) is 10.6 Å². The number of amides is 2. The summed E-state index contributed by atoms with van der Waals surface area (Å²) in [5, 5.41) is 4.84. The number of hydrogen-bond donors (Lipinski definition) is 1. The van der Waals surface area contributed by atoms with Gasteiger partial charge in [-0.1, -0.05) is 19.1 Å². The van der Waals surface area contributed by atoms with Gasteiger partial charge in [-0.2, -0.15) is 13.9 Å². The van der Waals surface area contributed by atoms with Crippen LogP contribution in [-0.2, 0) is 10.0 Å². The Morgan fingerprint density at radius 3 is 2.83 bits per heavy atom. The summed E-state index contributed by atoms with van der Waals surface area (Å²) in [5.74, 6) is -0.542. The molecule has 2 rings (SSSR count). The highest BCUT2D eigenvalue weighted by atomic mass is 32.2. The second-order valence-electron chi connectivity index (χ2n) is 4.68. The Kier molecular flexibility index (Phi) is 5.14. The van der Waals surface area contributed by atoms with E-state index >= 15 is 0 Å². The number of carbonyl (C=O) groups excluding carboxylic acids is 1. The van der Waals surface area contributed by atoms with Gasteiger partial charge in [0.25, 0.3) is 10.0 Å². The van der Waals surface area contributed by atoms with E-state index in [-0.39, 0.29) is 6.04 Å². The van der Waals surface area contributed by atoms with Crippen molar-refractivity contribution < 1.29 is 26.7 Å². The minimum absolute atomic E-state index is 0.238. The topological polar surface area (TPSA) is 88.1 Å². The fourth-order valence-corrected chi connectivity index (χ4v) is 3.16. The molecule has 126 valence electrons. The monoisotopic (exact) mass is 347 g/mol. The quantitative estimate of drug-likeness (QED) is 0.884. The molecule has 23 heavy (non-hydrogen) atoms. The van der Waals surface area contributed by atoms with Crippen LogP contribution >= 0.6 is 0 Å². The summed E-state index contributed by atoms with van der Waals surface area (Å²) in [7, 11) is -4.38. The molecule has 0 spiro atoms. The third-order valence-corrected chi connectivity index (χ3v) is 4.54. The Morgan fingerprint density at radius 1 is 1.48 bits per heavy atom. The SMILES string of the molecule is CCC1CC=NN1C(=O)NS(=O)(=O)c1ccccc1OC(F)F. The number of halogens is 2. The second-order valence-corrected chi connectivity index (χ2v) is 6.33. The first kappa shape index (κ1) is 17.1. The minimum atomic E-state index is -4.38. The zero-order chi connectivity index (χ0) is 17.0. The summed E-state index contributed by atoms with van der Waals surface area (Å²) >= 11 is 0. The average Bonchev–Trinajstić information content (AvgIpc) is 2.95. The van der Waals surface area contributed by atoms with E-state index in [2.05, 4.69) is 9.84 Å². The van der Waals surface area contributed by atoms with Gasteiger partial charge >= 0.3 is 12.6 Å². The summed E-state index contributed by atoms with van der Waals surface area (Å²) in [6, 6.07) is 3.64. The van der Waals surface area contributed by atoms with Gasteiger partial charge in [0.05, 0.1) is 6.04 Å². The predicted molar refractivity (Wildman–Crippen MR) is 77.8 cm³/mol. The molecule has 1 atom stereocenters. The molecule has 0 aliphatic carbocycles. The van der Waals surface area contributed by atoms with Crippen molar-refractivity contribution in [2.75, 3.05) is 0 Å². The zero-order valence-corrected chi connectivity index (χ0v) is 13.0. The van der Waals surface area contributed by atoms with Crippen molar-refractivity contribution in [3.05, 3.63) is 24.3 Å². The van der Waals surface area contributed by atoms with Crippen LogP contribution in [0.1, 0.15) is 19.8 Å². The van der Waals surface area contributed by atoms with Crippen LogP contribution in [0.4, 0.5) is 13.6 Å². The third-order valence-electron chi connectivity index (χ3n) is 3.19. The number of hydrogen-bond acceptors (Lipinski definition) is 5. The number of sulfonamides is 1. The van der Waals surface area contributed by atoms with Gasteiger partial charge in [0.15, 0.2) is 0 Å². The fraction of sp³-hybridized carbons (Fsp3) is 0.385. The zero-order valence-electron chi connectivity index (χ0n) is 12.1. The van der Waals surface area contributed by atoms with Crippen LogP contribution < -0.4 is 9.46 Å². The van der Waals surface area contributed by atoms with Crippen LogP contribution in [0.15, 0.2) is 34.3 Å². The summed E-state index contributed by atoms with van der Waals surface area (Å²) in [5.41, 5.74) is 0. The van der Waals surface area contributed by atoms with Crippen molar-refractivity contribution >= 4 is 22.3 Å². The van der Waals surface area contributed by atoms with E-state index in [1.54, 1.807) is 0 Å². The van der Waals surface area contributed by atoms with E-state index < -0.39 is 33.3 Å². The summed E-state index contributed by atoms with van der Waals surface area (Å²) in [4.78, 5) is 11.5. The Bertz CT molecular complexity index is 709. The lowest BCUT2D eigenvalue weighted by Gasteiger charge is -2.21. The molecule has 0 radical (unpaired) electrons. The molecule has 1 aromatic rings. The molecule has 1 aliphatic heterocycles. The standard InChI is InChI=1S/C13H15F2N3O4S/c1-2-9-7-8-16-18(9)13(19)17-23(20,21)11-6-4-3-5-10(11)22-12(14)15/h3-6,8-9,12H,2,7H2,1H3,(H,17,19). The highest BCUT2D eigenvalue weighted by molar-refractivity contribution is 7.90. The Hall–Kier alpha value is -2.23. The van der Waals surface area contributed by atoms with Gasteiger partial charge in [-0.05, 0) is 18.6 Å². The first-order chi connectivity index (χ1) is 10.8. The van der Waals surface area contributed by atoms with Crippen LogP contribution in [0.5, 0.6) is 5.75 Å². The van der Waals surface area contributed by atoms with Gasteiger partial charge in [-0.25, -0.2) is 22.9 Å². The van der Waals surface area contributed by atoms with E-state index in [0.717, 1.165) is 17.1 Å². The molecule has 0 aromatic heterocycles. The summed E-state index contributed by atoms with van der Waals surface area (Å²) < 4.78 is 55.2. The first-order valence-electron chi connectivity index (χ1n) is 6.77. The number of carbonyl (C=O) groups is 1. The van der Waals surface area contributed by atoms with Crippen LogP contribution in [0.2, 0.25) is 0 Å². The van der Waals surface area contributed by atoms with E-state index in [0.29, 0.717) is 12.8 Å². The number of rotatable bonds is 5. The molecule has 10 heteroatoms. The number of nitrogens with zero attached hydrogens (tertiary/aromatic N) is 2. The third kappa shape index (κ3) is 3.95. The molecular formula is C13H15F2N3O4S. The molecule has 2 amide bonds. The molecule has 1 aliphatic rings. The van der Waals surface area contributed by atoms with Crippen LogP contribution in [0.3, 0.4) is 0 Å². The summed E-state index contributed by atoms with van der Waals surface area (Å²) in [6.07, 6.45) is 2.63. The molecule has 0 bridgehead atoms. The maximum Gasteiger partial charge on any atom is 0.387 e. The fourth-order valence-electron chi connectivity index (χ4n) is 2.09. The minimum Gasteiger partial charge on any atom is -0.433 e. The Labute approximate surface area is 132 Å². The Balaban J connectivity index is 2.22. The molecule has 0 saturated heterocycles. The number of nitrogens with one attached hydrogen (secondary N) is 1. The lowest BCUT2D eigenvalue weighted by molar-refractivity contribution is -0.0517. The number of para-hydroxylation sites is 1. The molecule has 1 heterocycles. The molecule has 0 fully saturated rings. The average molecular weight is 347 g/mol. The van der Waals surface area contributed by atoms with Gasteiger partial charge in [-0.15, -0.1) is 0 Å². The molecule has 7 nitrogen and oxygen atoms in total. The van der Waals surface area contributed by atoms with Crippen molar-refractivity contribution in [1.29, 1.82) is 0 Å². The molecule has 0 saturated carbocycles. The van der Waals surface area contributed by atoms with Gasteiger partial charge in [0.2, 0.25) is 0 Å². The number of ether oxygens (including phenoxy) is 1. The van der Waals surface area contributed by atoms with Gasteiger partial charge in [0, 0.05) is 12.6 Å². The number of hydrazone groups is 1. The maximum absolute atomic E-state index is 12.4. The van der Waals surface area contributed by atoms with Crippen molar-refractivity contribution in [3.63, 3.8) is 0 Å². The van der Waals surface area contributed by atoms with Crippen LogP contribution in [0.25, 0.3) is 0 Å². The van der Waals surface area contributed by atoms with E-state index in [4.69, 9.17) is 0 Å². The Morgan fingerprint density at radius 2 is 2.17 bits per heavy atom.